The number of H-pyrrole nitrogens is 2. The maximum Gasteiger partial charge on any atom is 0.417 e. The van der Waals surface area contributed by atoms with Gasteiger partial charge in [-0.25, -0.2) is 4.39 Å². The molecule has 164 valence electrons. The van der Waals surface area contributed by atoms with Gasteiger partial charge in [-0.1, -0.05) is 18.2 Å². The van der Waals surface area contributed by atoms with Gasteiger partial charge in [0, 0.05) is 10.6 Å². The van der Waals surface area contributed by atoms with Gasteiger partial charge >= 0.3 is 17.3 Å². The number of aromatic nitrogens is 2. The molecule has 1 aromatic heterocycles. The van der Waals surface area contributed by atoms with Crippen molar-refractivity contribution in [2.45, 2.75) is 18.0 Å². The van der Waals surface area contributed by atoms with Crippen LogP contribution in [0.2, 0.25) is 0 Å². The van der Waals surface area contributed by atoms with E-state index in [2.05, 4.69) is 14.7 Å². The molecule has 4 rings (SSSR count). The van der Waals surface area contributed by atoms with Gasteiger partial charge in [-0.15, -0.1) is 0 Å². The van der Waals surface area contributed by atoms with Crippen LogP contribution in [0, 0.1) is 12.7 Å². The Balaban J connectivity index is 1.66. The molecule has 3 N–H and O–H groups in total. The lowest BCUT2D eigenvalue weighted by atomic mass is 9.98. The standard InChI is InChI=1S/C22H15F4N3O2S/c1-11-8-17-18(28-21(31)20(30)27-17)10-19(11)32-29-14-6-7-15(16(9-14)22(24,25)26)12-2-4-13(23)5-3-12/h2-10,29H,1H3,(H,27,30)(H,28,31). The number of alkyl halides is 3. The summed E-state index contributed by atoms with van der Waals surface area (Å²) in [5, 5.41) is 0. The molecule has 32 heavy (non-hydrogen) atoms. The highest BCUT2D eigenvalue weighted by Gasteiger charge is 2.34. The summed E-state index contributed by atoms with van der Waals surface area (Å²) in [5.41, 5.74) is -0.428. The second-order valence-corrected chi connectivity index (χ2v) is 7.89. The molecule has 0 unspecified atom stereocenters. The highest BCUT2D eigenvalue weighted by Crippen LogP contribution is 2.39. The van der Waals surface area contributed by atoms with Crippen LogP contribution in [0.15, 0.2) is 69.1 Å². The first-order valence-electron chi connectivity index (χ1n) is 9.29. The Morgan fingerprint density at radius 3 is 2.12 bits per heavy atom. The highest BCUT2D eigenvalue weighted by atomic mass is 32.2. The smallest absolute Gasteiger partial charge is 0.326 e. The van der Waals surface area contributed by atoms with Gasteiger partial charge in [-0.2, -0.15) is 13.2 Å². The SMILES string of the molecule is Cc1cc2[nH]c(=O)c(=O)[nH]c2cc1SNc1ccc(-c2ccc(F)cc2)c(C(F)(F)F)c1. The molecule has 0 spiro atoms. The molecule has 0 aliphatic carbocycles. The second kappa shape index (κ2) is 8.19. The van der Waals surface area contributed by atoms with Crippen molar-refractivity contribution >= 4 is 28.7 Å². The van der Waals surface area contributed by atoms with Gasteiger partial charge in [0.2, 0.25) is 0 Å². The lowest BCUT2D eigenvalue weighted by Gasteiger charge is -2.16. The first-order chi connectivity index (χ1) is 15.1. The summed E-state index contributed by atoms with van der Waals surface area (Å²) in [7, 11) is 0. The quantitative estimate of drug-likeness (QED) is 0.214. The first kappa shape index (κ1) is 21.7. The fourth-order valence-electron chi connectivity index (χ4n) is 3.20. The number of hydrogen-bond acceptors (Lipinski definition) is 4. The van der Waals surface area contributed by atoms with Crippen LogP contribution in [0.1, 0.15) is 11.1 Å². The number of hydrogen-bond donors (Lipinski definition) is 3. The van der Waals surface area contributed by atoms with Crippen molar-refractivity contribution in [1.82, 2.24) is 9.97 Å². The zero-order chi connectivity index (χ0) is 23.0. The number of halogens is 4. The van der Waals surface area contributed by atoms with Crippen LogP contribution in [-0.4, -0.2) is 9.97 Å². The summed E-state index contributed by atoms with van der Waals surface area (Å²) in [5.74, 6) is -0.534. The van der Waals surface area contributed by atoms with Gasteiger partial charge in [0.15, 0.2) is 0 Å². The van der Waals surface area contributed by atoms with E-state index < -0.39 is 28.7 Å². The third kappa shape index (κ3) is 4.40. The van der Waals surface area contributed by atoms with E-state index in [0.29, 0.717) is 15.9 Å². The summed E-state index contributed by atoms with van der Waals surface area (Å²) in [6, 6.07) is 11.9. The monoisotopic (exact) mass is 461 g/mol. The molecular formula is C22H15F4N3O2S. The zero-order valence-electron chi connectivity index (χ0n) is 16.4. The van der Waals surface area contributed by atoms with Gasteiger partial charge in [-0.05, 0) is 72.0 Å². The van der Waals surface area contributed by atoms with Gasteiger partial charge < -0.3 is 14.7 Å². The average Bonchev–Trinajstić information content (AvgIpc) is 2.73. The fraction of sp³-hybridized carbons (Fsp3) is 0.0909. The van der Waals surface area contributed by atoms with E-state index in [0.717, 1.165) is 35.7 Å². The minimum Gasteiger partial charge on any atom is -0.326 e. The number of nitrogens with one attached hydrogen (secondary N) is 3. The van der Waals surface area contributed by atoms with Gasteiger partial charge in [0.1, 0.15) is 5.82 Å². The van der Waals surface area contributed by atoms with Gasteiger partial charge in [0.05, 0.1) is 16.6 Å². The first-order valence-corrected chi connectivity index (χ1v) is 10.1. The maximum absolute atomic E-state index is 13.7. The van der Waals surface area contributed by atoms with E-state index in [1.54, 1.807) is 19.1 Å². The molecule has 0 aliphatic heterocycles. The van der Waals surface area contributed by atoms with E-state index in [9.17, 15) is 27.2 Å². The molecule has 0 saturated carbocycles. The Bertz CT molecular complexity index is 1430. The average molecular weight is 461 g/mol. The number of rotatable bonds is 4. The van der Waals surface area contributed by atoms with Crippen LogP contribution in [-0.2, 0) is 6.18 Å². The Kier molecular flexibility index (Phi) is 5.55. The van der Waals surface area contributed by atoms with E-state index in [-0.39, 0.29) is 16.8 Å². The maximum atomic E-state index is 13.7. The lowest BCUT2D eigenvalue weighted by molar-refractivity contribution is -0.137. The van der Waals surface area contributed by atoms with Crippen molar-refractivity contribution in [3.8, 4) is 11.1 Å². The Labute approximate surface area is 182 Å². The lowest BCUT2D eigenvalue weighted by Crippen LogP contribution is -2.28. The Hall–Kier alpha value is -3.53. The van der Waals surface area contributed by atoms with E-state index in [4.69, 9.17) is 0 Å². The minimum atomic E-state index is -4.61. The van der Waals surface area contributed by atoms with E-state index in [1.807, 2.05) is 0 Å². The molecule has 0 aliphatic rings. The number of anilines is 1. The summed E-state index contributed by atoms with van der Waals surface area (Å²) < 4.78 is 57.1. The third-order valence-corrected chi connectivity index (χ3v) is 5.77. The molecule has 4 aromatic rings. The predicted octanol–water partition coefficient (Wildman–Crippen LogP) is 5.47. The molecule has 1 heterocycles. The fourth-order valence-corrected chi connectivity index (χ4v) is 3.95. The summed E-state index contributed by atoms with van der Waals surface area (Å²) in [6.07, 6.45) is -4.61. The zero-order valence-corrected chi connectivity index (χ0v) is 17.2. The van der Waals surface area contributed by atoms with Crippen molar-refractivity contribution in [1.29, 1.82) is 0 Å². The topological polar surface area (TPSA) is 77.8 Å². The van der Waals surface area contributed by atoms with E-state index >= 15 is 0 Å². The van der Waals surface area contributed by atoms with Crippen LogP contribution in [0.5, 0.6) is 0 Å². The molecule has 0 radical (unpaired) electrons. The summed E-state index contributed by atoms with van der Waals surface area (Å²) in [6.45, 7) is 1.77. The number of benzene rings is 3. The molecular weight excluding hydrogens is 446 g/mol. The van der Waals surface area contributed by atoms with Crippen LogP contribution < -0.4 is 15.8 Å². The predicted molar refractivity (Wildman–Crippen MR) is 116 cm³/mol. The normalized spacial score (nSPS) is 11.7. The molecule has 0 atom stereocenters. The van der Waals surface area contributed by atoms with Crippen LogP contribution in [0.3, 0.4) is 0 Å². The molecule has 0 saturated heterocycles. The van der Waals surface area contributed by atoms with E-state index in [1.165, 1.54) is 24.3 Å². The number of aromatic amines is 2. The van der Waals surface area contributed by atoms with Crippen LogP contribution in [0.25, 0.3) is 22.2 Å². The van der Waals surface area contributed by atoms with Crippen molar-refractivity contribution in [2.75, 3.05) is 4.72 Å². The summed E-state index contributed by atoms with van der Waals surface area (Å²) >= 11 is 1.07. The Morgan fingerprint density at radius 2 is 1.50 bits per heavy atom. The van der Waals surface area contributed by atoms with Crippen molar-refractivity contribution in [2.24, 2.45) is 0 Å². The van der Waals surface area contributed by atoms with Crippen LogP contribution in [0.4, 0.5) is 23.2 Å². The molecule has 5 nitrogen and oxygen atoms in total. The molecule has 0 amide bonds. The largest absolute Gasteiger partial charge is 0.417 e. The van der Waals surface area contributed by atoms with Gasteiger partial charge in [-0.3, -0.25) is 9.59 Å². The molecule has 0 bridgehead atoms. The van der Waals surface area contributed by atoms with Gasteiger partial charge in [0.25, 0.3) is 0 Å². The number of aryl methyl sites for hydroxylation is 1. The third-order valence-electron chi connectivity index (χ3n) is 4.78. The van der Waals surface area contributed by atoms with Crippen LogP contribution >= 0.6 is 11.9 Å². The van der Waals surface area contributed by atoms with Crippen molar-refractivity contribution in [3.05, 3.63) is 92.2 Å². The minimum absolute atomic E-state index is 0.0588. The van der Waals surface area contributed by atoms with Crippen molar-refractivity contribution < 1.29 is 17.6 Å². The molecule has 0 fully saturated rings. The number of fused-ring (bicyclic) bond motifs is 1. The second-order valence-electron chi connectivity index (χ2n) is 7.04. The summed E-state index contributed by atoms with van der Waals surface area (Å²) in [4.78, 5) is 28.6. The highest BCUT2D eigenvalue weighted by molar-refractivity contribution is 8.00. The van der Waals surface area contributed by atoms with Crippen molar-refractivity contribution in [3.63, 3.8) is 0 Å². The molecule has 10 heteroatoms. The Morgan fingerprint density at radius 1 is 0.875 bits per heavy atom. The molecule has 3 aromatic carbocycles.